The molecule has 3 nitrogen and oxygen atoms in total. The van der Waals surface area contributed by atoms with Crippen LogP contribution in [0, 0.1) is 0 Å². The monoisotopic (exact) mass is 629 g/mol. The van der Waals surface area contributed by atoms with Crippen LogP contribution in [0.2, 0.25) is 0 Å². The van der Waals surface area contributed by atoms with Gasteiger partial charge in [0.1, 0.15) is 0 Å². The Bertz CT molecular complexity index is 3050. The first-order valence-corrected chi connectivity index (χ1v) is 17.2. The number of hydrogen-bond donors (Lipinski definition) is 0. The summed E-state index contributed by atoms with van der Waals surface area (Å²) in [5.41, 5.74) is 9.60. The average Bonchev–Trinajstić information content (AvgIpc) is 3.90. The topological polar surface area (TPSA) is 14.8 Å². The van der Waals surface area contributed by atoms with Crippen molar-refractivity contribution in [2.45, 2.75) is 0 Å². The summed E-state index contributed by atoms with van der Waals surface area (Å²) in [4.78, 5) is 0. The molecule has 0 radical (unpaired) electrons. The zero-order valence-corrected chi connectivity index (χ0v) is 26.7. The zero-order valence-electron chi connectivity index (χ0n) is 25.8. The van der Waals surface area contributed by atoms with Gasteiger partial charge in [-0.1, -0.05) is 78.9 Å². The zero-order chi connectivity index (χ0) is 31.3. The summed E-state index contributed by atoms with van der Waals surface area (Å²) in [7, 11) is 0. The number of rotatable bonds is 3. The van der Waals surface area contributed by atoms with Crippen LogP contribution >= 0.6 is 11.3 Å². The van der Waals surface area contributed by atoms with Gasteiger partial charge in [0, 0.05) is 70.4 Å². The Balaban J connectivity index is 1.30. The SMILES string of the molecule is c1ccc(-n2ccc3cc4c5ccc6sc7ccccc7c6c5n(-c5ccc6c(c5)c5ccccc5n6-c5ccccc5)c4cc32)cc1. The van der Waals surface area contributed by atoms with E-state index in [1.165, 1.54) is 86.1 Å². The van der Waals surface area contributed by atoms with Crippen LogP contribution < -0.4 is 0 Å². The molecular weight excluding hydrogens is 603 g/mol. The van der Waals surface area contributed by atoms with Gasteiger partial charge in [0.15, 0.2) is 0 Å². The molecule has 4 aromatic heterocycles. The molecule has 11 aromatic rings. The van der Waals surface area contributed by atoms with Crippen molar-refractivity contribution >= 4 is 86.0 Å². The Hall–Kier alpha value is -6.10. The van der Waals surface area contributed by atoms with Gasteiger partial charge in [-0.05, 0) is 78.9 Å². The first-order valence-electron chi connectivity index (χ1n) is 16.4. The van der Waals surface area contributed by atoms with Gasteiger partial charge in [-0.2, -0.15) is 0 Å². The molecule has 4 heterocycles. The van der Waals surface area contributed by atoms with Gasteiger partial charge in [0.25, 0.3) is 0 Å². The normalized spacial score (nSPS) is 12.2. The van der Waals surface area contributed by atoms with Crippen molar-refractivity contribution in [2.24, 2.45) is 0 Å². The molecule has 0 spiro atoms. The Kier molecular flexibility index (Phi) is 5.26. The third-order valence-corrected chi connectivity index (χ3v) is 11.2. The number of benzene rings is 7. The number of hydrogen-bond acceptors (Lipinski definition) is 1. The lowest BCUT2D eigenvalue weighted by Crippen LogP contribution is -1.96. The van der Waals surface area contributed by atoms with Gasteiger partial charge in [-0.3, -0.25) is 0 Å². The van der Waals surface area contributed by atoms with Gasteiger partial charge >= 0.3 is 0 Å². The highest BCUT2D eigenvalue weighted by molar-refractivity contribution is 7.26. The summed E-state index contributed by atoms with van der Waals surface area (Å²) in [6.07, 6.45) is 2.19. The number of aromatic nitrogens is 3. The van der Waals surface area contributed by atoms with Crippen molar-refractivity contribution in [3.05, 3.63) is 164 Å². The molecule has 0 atom stereocenters. The number of thiophene rings is 1. The quantitative estimate of drug-likeness (QED) is 0.185. The minimum Gasteiger partial charge on any atom is -0.316 e. The summed E-state index contributed by atoms with van der Waals surface area (Å²) >= 11 is 1.88. The third-order valence-electron chi connectivity index (χ3n) is 10.0. The molecule has 0 N–H and O–H groups in total. The summed E-state index contributed by atoms with van der Waals surface area (Å²) < 4.78 is 9.86. The largest absolute Gasteiger partial charge is 0.316 e. The highest BCUT2D eigenvalue weighted by Crippen LogP contribution is 2.45. The van der Waals surface area contributed by atoms with Gasteiger partial charge in [0.05, 0.1) is 27.6 Å². The van der Waals surface area contributed by atoms with Gasteiger partial charge in [0.2, 0.25) is 0 Å². The Labute approximate surface area is 279 Å². The predicted octanol–water partition coefficient (Wildman–Crippen LogP) is 12.2. The molecule has 0 unspecified atom stereocenters. The summed E-state index contributed by atoms with van der Waals surface area (Å²) in [6.45, 7) is 0. The van der Waals surface area contributed by atoms with E-state index in [0.29, 0.717) is 0 Å². The molecule has 11 rings (SSSR count). The van der Waals surface area contributed by atoms with Crippen molar-refractivity contribution in [2.75, 3.05) is 0 Å². The molecule has 0 saturated heterocycles. The lowest BCUT2D eigenvalue weighted by Gasteiger charge is -2.12. The standard InChI is InChI=1S/C44H27N3S/c1-3-11-29(12-4-1)45-24-23-28-25-35-33-20-22-42-43(34-16-8-10-18-41(34)48-42)44(33)47(40(35)27-39(28)45)31-19-21-38-36(26-31)32-15-7-9-17-37(32)46(38)30-13-5-2-6-14-30/h1-27H. The molecule has 0 aliphatic heterocycles. The van der Waals surface area contributed by atoms with Crippen LogP contribution in [0.1, 0.15) is 0 Å². The summed E-state index contributed by atoms with van der Waals surface area (Å²) in [6, 6.07) is 57.7. The minimum absolute atomic E-state index is 1.16. The fraction of sp³-hybridized carbons (Fsp3) is 0. The molecule has 4 heteroatoms. The molecule has 0 saturated carbocycles. The highest BCUT2D eigenvalue weighted by Gasteiger charge is 2.21. The molecule has 0 amide bonds. The lowest BCUT2D eigenvalue weighted by molar-refractivity contribution is 1.13. The van der Waals surface area contributed by atoms with Crippen LogP contribution in [0.15, 0.2) is 164 Å². The first kappa shape index (κ1) is 26.0. The third kappa shape index (κ3) is 3.52. The van der Waals surface area contributed by atoms with Crippen LogP contribution in [-0.4, -0.2) is 13.7 Å². The van der Waals surface area contributed by atoms with Crippen LogP contribution in [0.4, 0.5) is 0 Å². The maximum atomic E-state index is 2.53. The van der Waals surface area contributed by atoms with Crippen molar-refractivity contribution in [3.8, 4) is 17.1 Å². The predicted molar refractivity (Wildman–Crippen MR) is 205 cm³/mol. The van der Waals surface area contributed by atoms with E-state index in [1.807, 2.05) is 11.3 Å². The number of fused-ring (bicyclic) bond motifs is 11. The highest BCUT2D eigenvalue weighted by atomic mass is 32.1. The molecule has 0 bridgehead atoms. The Morgan fingerprint density at radius 1 is 0.375 bits per heavy atom. The van der Waals surface area contributed by atoms with E-state index in [4.69, 9.17) is 0 Å². The van der Waals surface area contributed by atoms with Gasteiger partial charge < -0.3 is 13.7 Å². The molecule has 0 aliphatic carbocycles. The van der Waals surface area contributed by atoms with Crippen molar-refractivity contribution in [1.29, 1.82) is 0 Å². The Morgan fingerprint density at radius 3 is 1.94 bits per heavy atom. The van der Waals surface area contributed by atoms with Crippen molar-refractivity contribution in [3.63, 3.8) is 0 Å². The van der Waals surface area contributed by atoms with Gasteiger partial charge in [-0.25, -0.2) is 0 Å². The van der Waals surface area contributed by atoms with Crippen molar-refractivity contribution in [1.82, 2.24) is 13.7 Å². The molecule has 7 aromatic carbocycles. The van der Waals surface area contributed by atoms with E-state index in [-0.39, 0.29) is 0 Å². The fourth-order valence-electron chi connectivity index (χ4n) is 7.98. The van der Waals surface area contributed by atoms with Crippen molar-refractivity contribution < 1.29 is 0 Å². The average molecular weight is 630 g/mol. The van der Waals surface area contributed by atoms with Crippen LogP contribution in [0.3, 0.4) is 0 Å². The maximum absolute atomic E-state index is 2.53. The van der Waals surface area contributed by atoms with Gasteiger partial charge in [-0.15, -0.1) is 11.3 Å². The second-order valence-electron chi connectivity index (χ2n) is 12.6. The molecule has 0 aliphatic rings. The summed E-state index contributed by atoms with van der Waals surface area (Å²) in [5, 5.41) is 8.93. The van der Waals surface area contributed by atoms with E-state index >= 15 is 0 Å². The minimum atomic E-state index is 1.16. The Morgan fingerprint density at radius 2 is 1.08 bits per heavy atom. The molecule has 224 valence electrons. The van der Waals surface area contributed by atoms with Crippen LogP contribution in [0.5, 0.6) is 0 Å². The maximum Gasteiger partial charge on any atom is 0.0634 e. The van der Waals surface area contributed by atoms with E-state index < -0.39 is 0 Å². The molecular formula is C44H27N3S. The van der Waals surface area contributed by atoms with Crippen LogP contribution in [0.25, 0.3) is 91.7 Å². The summed E-state index contributed by atoms with van der Waals surface area (Å²) in [5.74, 6) is 0. The second kappa shape index (κ2) is 9.71. The van der Waals surface area contributed by atoms with E-state index in [0.717, 1.165) is 5.69 Å². The fourth-order valence-corrected chi connectivity index (χ4v) is 9.09. The lowest BCUT2D eigenvalue weighted by atomic mass is 10.1. The number of para-hydroxylation sites is 3. The number of nitrogens with zero attached hydrogens (tertiary/aromatic N) is 3. The second-order valence-corrected chi connectivity index (χ2v) is 13.7. The smallest absolute Gasteiger partial charge is 0.0634 e. The van der Waals surface area contributed by atoms with E-state index in [9.17, 15) is 0 Å². The van der Waals surface area contributed by atoms with E-state index in [2.05, 4.69) is 178 Å². The first-order chi connectivity index (χ1) is 23.8. The molecule has 0 fully saturated rings. The van der Waals surface area contributed by atoms with Crippen LogP contribution in [-0.2, 0) is 0 Å². The van der Waals surface area contributed by atoms with E-state index in [1.54, 1.807) is 0 Å². The molecule has 48 heavy (non-hydrogen) atoms.